The highest BCUT2D eigenvalue weighted by atomic mass is 16.2. The molecule has 1 amide bonds. The molecule has 3 nitrogen and oxygen atoms in total. The minimum Gasteiger partial charge on any atom is -0.335 e. The van der Waals surface area contributed by atoms with E-state index in [4.69, 9.17) is 0 Å². The van der Waals surface area contributed by atoms with Crippen LogP contribution in [0.15, 0.2) is 25.3 Å². The third-order valence-corrected chi connectivity index (χ3v) is 3.03. The Hall–Kier alpha value is -1.38. The Balaban J connectivity index is 2.70. The van der Waals surface area contributed by atoms with Crippen LogP contribution in [0.25, 0.3) is 0 Å². The Kier molecular flexibility index (Phi) is 4.47. The SMILES string of the molecule is C=CCN(CC=C)C(=O)C1CCC(C)C1=O. The van der Waals surface area contributed by atoms with E-state index < -0.39 is 5.92 Å². The van der Waals surface area contributed by atoms with Crippen LogP contribution in [0.3, 0.4) is 0 Å². The van der Waals surface area contributed by atoms with Crippen LogP contribution in [0.1, 0.15) is 19.8 Å². The zero-order valence-corrected chi connectivity index (χ0v) is 9.82. The van der Waals surface area contributed by atoms with Gasteiger partial charge in [0.15, 0.2) is 0 Å². The average molecular weight is 221 g/mol. The van der Waals surface area contributed by atoms with Crippen LogP contribution in [-0.2, 0) is 9.59 Å². The normalized spacial score (nSPS) is 24.2. The first-order chi connectivity index (χ1) is 7.61. The van der Waals surface area contributed by atoms with Crippen molar-refractivity contribution in [2.24, 2.45) is 11.8 Å². The fourth-order valence-corrected chi connectivity index (χ4v) is 2.08. The van der Waals surface area contributed by atoms with E-state index in [1.807, 2.05) is 6.92 Å². The molecule has 0 aliphatic heterocycles. The number of Topliss-reactive ketones (excluding diaryl/α,β-unsaturated/α-hetero) is 1. The number of rotatable bonds is 5. The van der Waals surface area contributed by atoms with Gasteiger partial charge in [-0.25, -0.2) is 0 Å². The lowest BCUT2D eigenvalue weighted by molar-refractivity contribution is -0.139. The summed E-state index contributed by atoms with van der Waals surface area (Å²) in [7, 11) is 0. The topological polar surface area (TPSA) is 37.4 Å². The molecule has 3 heteroatoms. The van der Waals surface area contributed by atoms with E-state index in [-0.39, 0.29) is 17.6 Å². The van der Waals surface area contributed by atoms with Crippen molar-refractivity contribution in [1.29, 1.82) is 0 Å². The summed E-state index contributed by atoms with van der Waals surface area (Å²) >= 11 is 0. The number of hydrogen-bond donors (Lipinski definition) is 0. The Bertz CT molecular complexity index is 299. The van der Waals surface area contributed by atoms with Gasteiger partial charge >= 0.3 is 0 Å². The lowest BCUT2D eigenvalue weighted by atomic mass is 10.0. The summed E-state index contributed by atoms with van der Waals surface area (Å²) in [6.45, 7) is 10.1. The Morgan fingerprint density at radius 3 is 2.31 bits per heavy atom. The average Bonchev–Trinajstić information content (AvgIpc) is 2.59. The lowest BCUT2D eigenvalue weighted by Crippen LogP contribution is -2.38. The standard InChI is InChI=1S/C13H19NO2/c1-4-8-14(9-5-2)13(16)11-7-6-10(3)12(11)15/h4-5,10-11H,1-2,6-9H2,3H3. The molecule has 1 saturated carbocycles. The molecule has 0 N–H and O–H groups in total. The highest BCUT2D eigenvalue weighted by Crippen LogP contribution is 2.28. The first-order valence-corrected chi connectivity index (χ1v) is 5.66. The van der Waals surface area contributed by atoms with Crippen LogP contribution < -0.4 is 0 Å². The molecule has 2 unspecified atom stereocenters. The van der Waals surface area contributed by atoms with Crippen LogP contribution in [0.5, 0.6) is 0 Å². The Labute approximate surface area is 96.8 Å². The summed E-state index contributed by atoms with van der Waals surface area (Å²) in [5.74, 6) is -0.393. The maximum atomic E-state index is 12.1. The van der Waals surface area contributed by atoms with Gasteiger partial charge < -0.3 is 4.90 Å². The van der Waals surface area contributed by atoms with Gasteiger partial charge in [-0.05, 0) is 12.8 Å². The minimum atomic E-state index is -0.435. The van der Waals surface area contributed by atoms with Crippen LogP contribution in [0.4, 0.5) is 0 Å². The molecular formula is C13H19NO2. The van der Waals surface area contributed by atoms with Gasteiger partial charge in [0.25, 0.3) is 0 Å². The molecule has 0 spiro atoms. The van der Waals surface area contributed by atoms with Gasteiger partial charge in [0.05, 0.1) is 5.92 Å². The molecular weight excluding hydrogens is 202 g/mol. The van der Waals surface area contributed by atoms with E-state index in [1.165, 1.54) is 0 Å². The molecule has 1 aliphatic rings. The number of carbonyl (C=O) groups excluding carboxylic acids is 2. The lowest BCUT2D eigenvalue weighted by Gasteiger charge is -2.22. The van der Waals surface area contributed by atoms with Crippen LogP contribution in [0, 0.1) is 11.8 Å². The number of hydrogen-bond acceptors (Lipinski definition) is 2. The second-order valence-electron chi connectivity index (χ2n) is 4.25. The fourth-order valence-electron chi connectivity index (χ4n) is 2.08. The van der Waals surface area contributed by atoms with Crippen molar-refractivity contribution in [1.82, 2.24) is 4.90 Å². The van der Waals surface area contributed by atoms with Gasteiger partial charge in [0.1, 0.15) is 5.78 Å². The van der Waals surface area contributed by atoms with Gasteiger partial charge in [-0.1, -0.05) is 19.1 Å². The van der Waals surface area contributed by atoms with E-state index in [9.17, 15) is 9.59 Å². The monoisotopic (exact) mass is 221 g/mol. The zero-order valence-electron chi connectivity index (χ0n) is 9.82. The van der Waals surface area contributed by atoms with Crippen LogP contribution in [0.2, 0.25) is 0 Å². The summed E-state index contributed by atoms with van der Waals surface area (Å²) in [5, 5.41) is 0. The summed E-state index contributed by atoms with van der Waals surface area (Å²) in [6.07, 6.45) is 4.85. The van der Waals surface area contributed by atoms with Crippen molar-refractivity contribution < 1.29 is 9.59 Å². The van der Waals surface area contributed by atoms with Crippen molar-refractivity contribution in [3.63, 3.8) is 0 Å². The zero-order chi connectivity index (χ0) is 12.1. The van der Waals surface area contributed by atoms with Gasteiger partial charge in [-0.3, -0.25) is 9.59 Å². The molecule has 0 bridgehead atoms. The molecule has 0 radical (unpaired) electrons. The van der Waals surface area contributed by atoms with Crippen LogP contribution in [-0.4, -0.2) is 29.7 Å². The molecule has 88 valence electrons. The van der Waals surface area contributed by atoms with E-state index in [0.717, 1.165) is 6.42 Å². The predicted octanol–water partition coefficient (Wildman–Crippen LogP) is 1.80. The highest BCUT2D eigenvalue weighted by Gasteiger charge is 2.37. The summed E-state index contributed by atoms with van der Waals surface area (Å²) in [4.78, 5) is 25.5. The molecule has 0 aromatic rings. The van der Waals surface area contributed by atoms with Gasteiger partial charge in [0, 0.05) is 19.0 Å². The number of carbonyl (C=O) groups is 2. The maximum Gasteiger partial charge on any atom is 0.233 e. The number of amides is 1. The Morgan fingerprint density at radius 2 is 1.94 bits per heavy atom. The summed E-state index contributed by atoms with van der Waals surface area (Å²) in [5.41, 5.74) is 0. The summed E-state index contributed by atoms with van der Waals surface area (Å²) < 4.78 is 0. The molecule has 1 rings (SSSR count). The van der Waals surface area contributed by atoms with Crippen molar-refractivity contribution in [2.75, 3.05) is 13.1 Å². The third kappa shape index (κ3) is 2.60. The van der Waals surface area contributed by atoms with E-state index in [0.29, 0.717) is 19.5 Å². The molecule has 0 saturated heterocycles. The number of ketones is 1. The molecule has 16 heavy (non-hydrogen) atoms. The third-order valence-electron chi connectivity index (χ3n) is 3.03. The van der Waals surface area contributed by atoms with Crippen molar-refractivity contribution >= 4 is 11.7 Å². The van der Waals surface area contributed by atoms with Crippen molar-refractivity contribution in [3.8, 4) is 0 Å². The van der Waals surface area contributed by atoms with Crippen molar-refractivity contribution in [3.05, 3.63) is 25.3 Å². The first kappa shape index (κ1) is 12.7. The smallest absolute Gasteiger partial charge is 0.233 e. The van der Waals surface area contributed by atoms with Crippen LogP contribution >= 0.6 is 0 Å². The largest absolute Gasteiger partial charge is 0.335 e. The molecule has 0 heterocycles. The first-order valence-electron chi connectivity index (χ1n) is 5.66. The van der Waals surface area contributed by atoms with Crippen molar-refractivity contribution in [2.45, 2.75) is 19.8 Å². The van der Waals surface area contributed by atoms with E-state index in [1.54, 1.807) is 17.1 Å². The molecule has 0 aromatic carbocycles. The Morgan fingerprint density at radius 1 is 1.38 bits per heavy atom. The van der Waals surface area contributed by atoms with Gasteiger partial charge in [0.2, 0.25) is 5.91 Å². The second kappa shape index (κ2) is 5.64. The van der Waals surface area contributed by atoms with Gasteiger partial charge in [-0.2, -0.15) is 0 Å². The minimum absolute atomic E-state index is 0.0308. The quantitative estimate of drug-likeness (QED) is 0.524. The molecule has 1 fully saturated rings. The molecule has 2 atom stereocenters. The fraction of sp³-hybridized carbons (Fsp3) is 0.538. The summed E-state index contributed by atoms with van der Waals surface area (Å²) in [6, 6.07) is 0. The van der Waals surface area contributed by atoms with E-state index in [2.05, 4.69) is 13.2 Å². The molecule has 1 aliphatic carbocycles. The number of nitrogens with zero attached hydrogens (tertiary/aromatic N) is 1. The highest BCUT2D eigenvalue weighted by molar-refractivity contribution is 6.03. The second-order valence-corrected chi connectivity index (χ2v) is 4.25. The van der Waals surface area contributed by atoms with Gasteiger partial charge in [-0.15, -0.1) is 13.2 Å². The molecule has 0 aromatic heterocycles. The predicted molar refractivity (Wildman–Crippen MR) is 63.9 cm³/mol. The maximum absolute atomic E-state index is 12.1. The van der Waals surface area contributed by atoms with E-state index >= 15 is 0 Å².